The van der Waals surface area contributed by atoms with Crippen LogP contribution in [-0.2, 0) is 9.59 Å². The van der Waals surface area contributed by atoms with E-state index < -0.39 is 18.0 Å². The summed E-state index contributed by atoms with van der Waals surface area (Å²) in [6.45, 7) is 7.86. The van der Waals surface area contributed by atoms with Crippen LogP contribution in [0.1, 0.15) is 57.1 Å². The first-order chi connectivity index (χ1) is 11.3. The van der Waals surface area contributed by atoms with Crippen LogP contribution >= 0.6 is 0 Å². The van der Waals surface area contributed by atoms with Crippen molar-refractivity contribution in [2.75, 3.05) is 0 Å². The molecule has 1 unspecified atom stereocenters. The van der Waals surface area contributed by atoms with E-state index in [0.29, 0.717) is 24.5 Å². The summed E-state index contributed by atoms with van der Waals surface area (Å²) < 4.78 is 5.84. The summed E-state index contributed by atoms with van der Waals surface area (Å²) in [4.78, 5) is 23.6. The Morgan fingerprint density at radius 1 is 1.25 bits per heavy atom. The highest BCUT2D eigenvalue weighted by Crippen LogP contribution is 2.27. The van der Waals surface area contributed by atoms with Crippen molar-refractivity contribution in [3.8, 4) is 5.75 Å². The molecule has 1 aliphatic carbocycles. The molecule has 2 N–H and O–H groups in total. The SMILES string of the molecule is Cc1ccc(C(C)C)cc1OC(C)C(=O)N[C@@H]1CCC[C@@H]1C(=O)O. The molecule has 0 spiro atoms. The molecule has 0 saturated heterocycles. The molecule has 1 amide bonds. The van der Waals surface area contributed by atoms with Gasteiger partial charge in [-0.05, 0) is 49.8 Å². The molecule has 0 radical (unpaired) electrons. The first kappa shape index (κ1) is 18.3. The van der Waals surface area contributed by atoms with Crippen molar-refractivity contribution in [3.63, 3.8) is 0 Å². The Labute approximate surface area is 143 Å². The first-order valence-electron chi connectivity index (χ1n) is 8.60. The van der Waals surface area contributed by atoms with Crippen LogP contribution in [0, 0.1) is 12.8 Å². The number of carboxylic acids is 1. The average Bonchev–Trinajstić information content (AvgIpc) is 2.97. The lowest BCUT2D eigenvalue weighted by Crippen LogP contribution is -2.45. The van der Waals surface area contributed by atoms with Crippen molar-refractivity contribution in [3.05, 3.63) is 29.3 Å². The Kier molecular flexibility index (Phi) is 5.86. The molecule has 5 heteroatoms. The minimum absolute atomic E-state index is 0.262. The monoisotopic (exact) mass is 333 g/mol. The zero-order chi connectivity index (χ0) is 17.9. The molecule has 1 fully saturated rings. The number of carbonyl (C=O) groups is 2. The van der Waals surface area contributed by atoms with Gasteiger partial charge in [0.05, 0.1) is 5.92 Å². The number of hydrogen-bond donors (Lipinski definition) is 2. The highest BCUT2D eigenvalue weighted by atomic mass is 16.5. The fraction of sp³-hybridized carbons (Fsp3) is 0.579. The number of aryl methyl sites for hydroxylation is 1. The minimum Gasteiger partial charge on any atom is -0.481 e. The van der Waals surface area contributed by atoms with E-state index >= 15 is 0 Å². The van der Waals surface area contributed by atoms with E-state index in [1.165, 1.54) is 0 Å². The lowest BCUT2D eigenvalue weighted by molar-refractivity contribution is -0.142. The van der Waals surface area contributed by atoms with E-state index in [2.05, 4.69) is 25.2 Å². The van der Waals surface area contributed by atoms with E-state index in [9.17, 15) is 14.7 Å². The largest absolute Gasteiger partial charge is 0.481 e. The number of hydrogen-bond acceptors (Lipinski definition) is 3. The third kappa shape index (κ3) is 4.28. The van der Waals surface area contributed by atoms with E-state index in [1.54, 1.807) is 6.92 Å². The van der Waals surface area contributed by atoms with Gasteiger partial charge in [0.1, 0.15) is 5.75 Å². The van der Waals surface area contributed by atoms with Crippen LogP contribution in [-0.4, -0.2) is 29.1 Å². The summed E-state index contributed by atoms with van der Waals surface area (Å²) in [5, 5.41) is 12.0. The molecule has 3 atom stereocenters. The third-order valence-corrected chi connectivity index (χ3v) is 4.71. The number of benzene rings is 1. The highest BCUT2D eigenvalue weighted by molar-refractivity contribution is 5.82. The number of carboxylic acid groups (broad SMARTS) is 1. The summed E-state index contributed by atoms with van der Waals surface area (Å²) in [5.41, 5.74) is 2.13. The summed E-state index contributed by atoms with van der Waals surface area (Å²) in [6, 6.07) is 5.73. The van der Waals surface area contributed by atoms with Gasteiger partial charge in [0.2, 0.25) is 0 Å². The van der Waals surface area contributed by atoms with Gasteiger partial charge < -0.3 is 15.2 Å². The number of nitrogens with one attached hydrogen (secondary N) is 1. The lowest BCUT2D eigenvalue weighted by atomic mass is 10.0. The number of ether oxygens (including phenoxy) is 1. The minimum atomic E-state index is -0.841. The van der Waals surface area contributed by atoms with Gasteiger partial charge in [0.25, 0.3) is 5.91 Å². The topological polar surface area (TPSA) is 75.6 Å². The van der Waals surface area contributed by atoms with Gasteiger partial charge in [-0.3, -0.25) is 9.59 Å². The Hall–Kier alpha value is -2.04. The Morgan fingerprint density at radius 2 is 1.96 bits per heavy atom. The molecule has 1 aromatic rings. The maximum atomic E-state index is 12.4. The quantitative estimate of drug-likeness (QED) is 0.838. The zero-order valence-corrected chi connectivity index (χ0v) is 14.8. The molecule has 0 aliphatic heterocycles. The first-order valence-corrected chi connectivity index (χ1v) is 8.60. The van der Waals surface area contributed by atoms with E-state index in [-0.39, 0.29) is 11.9 Å². The maximum absolute atomic E-state index is 12.4. The van der Waals surface area contributed by atoms with Crippen LogP contribution in [0.2, 0.25) is 0 Å². The van der Waals surface area contributed by atoms with Crippen molar-refractivity contribution < 1.29 is 19.4 Å². The molecule has 1 aromatic carbocycles. The molecule has 132 valence electrons. The molecular formula is C19H27NO4. The number of rotatable bonds is 6. The lowest BCUT2D eigenvalue weighted by Gasteiger charge is -2.22. The predicted octanol–water partition coefficient (Wildman–Crippen LogP) is 3.26. The smallest absolute Gasteiger partial charge is 0.308 e. The normalized spacial score (nSPS) is 21.5. The van der Waals surface area contributed by atoms with Crippen LogP contribution in [0.25, 0.3) is 0 Å². The van der Waals surface area contributed by atoms with E-state index in [4.69, 9.17) is 4.74 Å². The molecular weight excluding hydrogens is 306 g/mol. The van der Waals surface area contributed by atoms with Crippen molar-refractivity contribution in [2.45, 2.75) is 65.0 Å². The molecule has 5 nitrogen and oxygen atoms in total. The van der Waals surface area contributed by atoms with E-state index in [0.717, 1.165) is 17.5 Å². The van der Waals surface area contributed by atoms with Crippen molar-refractivity contribution >= 4 is 11.9 Å². The van der Waals surface area contributed by atoms with Crippen LogP contribution in [0.15, 0.2) is 18.2 Å². The number of carbonyl (C=O) groups excluding carboxylic acids is 1. The van der Waals surface area contributed by atoms with Gasteiger partial charge in [-0.25, -0.2) is 0 Å². The summed E-state index contributed by atoms with van der Waals surface area (Å²) in [7, 11) is 0. The second-order valence-electron chi connectivity index (χ2n) is 6.93. The van der Waals surface area contributed by atoms with E-state index in [1.807, 2.05) is 19.1 Å². The Balaban J connectivity index is 2.01. The standard InChI is InChI=1S/C19H27NO4/c1-11(2)14-9-8-12(3)17(10-14)24-13(4)18(21)20-16-7-5-6-15(16)19(22)23/h8-11,13,15-16H,5-7H2,1-4H3,(H,20,21)(H,22,23)/t13?,15-,16+/m0/s1. The molecule has 1 aliphatic rings. The molecule has 2 rings (SSSR count). The fourth-order valence-electron chi connectivity index (χ4n) is 3.08. The predicted molar refractivity (Wildman–Crippen MR) is 92.3 cm³/mol. The van der Waals surface area contributed by atoms with Crippen molar-refractivity contribution in [2.24, 2.45) is 5.92 Å². The highest BCUT2D eigenvalue weighted by Gasteiger charge is 2.34. The Morgan fingerprint density at radius 3 is 2.58 bits per heavy atom. The molecule has 0 bridgehead atoms. The van der Waals surface area contributed by atoms with Gasteiger partial charge in [0, 0.05) is 6.04 Å². The average molecular weight is 333 g/mol. The van der Waals surface area contributed by atoms with Gasteiger partial charge in [0.15, 0.2) is 6.10 Å². The van der Waals surface area contributed by atoms with Crippen LogP contribution < -0.4 is 10.1 Å². The summed E-state index contributed by atoms with van der Waals surface area (Å²) in [5.74, 6) is -0.515. The number of amides is 1. The Bertz CT molecular complexity index is 611. The number of aliphatic carboxylic acids is 1. The summed E-state index contributed by atoms with van der Waals surface area (Å²) in [6.07, 6.45) is 1.48. The van der Waals surface area contributed by atoms with Crippen molar-refractivity contribution in [1.29, 1.82) is 0 Å². The molecule has 24 heavy (non-hydrogen) atoms. The van der Waals surface area contributed by atoms with Gasteiger partial charge >= 0.3 is 5.97 Å². The van der Waals surface area contributed by atoms with Gasteiger partial charge in [-0.1, -0.05) is 32.4 Å². The van der Waals surface area contributed by atoms with Crippen LogP contribution in [0.4, 0.5) is 0 Å². The summed E-state index contributed by atoms with van der Waals surface area (Å²) >= 11 is 0. The molecule has 0 aromatic heterocycles. The molecule has 0 heterocycles. The van der Waals surface area contributed by atoms with Gasteiger partial charge in [-0.15, -0.1) is 0 Å². The second-order valence-corrected chi connectivity index (χ2v) is 6.93. The van der Waals surface area contributed by atoms with Crippen molar-refractivity contribution in [1.82, 2.24) is 5.32 Å². The maximum Gasteiger partial charge on any atom is 0.308 e. The second kappa shape index (κ2) is 7.69. The van der Waals surface area contributed by atoms with Crippen LogP contribution in [0.5, 0.6) is 5.75 Å². The fourth-order valence-corrected chi connectivity index (χ4v) is 3.08. The van der Waals surface area contributed by atoms with Gasteiger partial charge in [-0.2, -0.15) is 0 Å². The zero-order valence-electron chi connectivity index (χ0n) is 14.8. The van der Waals surface area contributed by atoms with Crippen LogP contribution in [0.3, 0.4) is 0 Å². The molecule has 1 saturated carbocycles. The third-order valence-electron chi connectivity index (χ3n) is 4.71.